The van der Waals surface area contributed by atoms with Crippen molar-refractivity contribution in [2.24, 2.45) is 5.41 Å². The minimum atomic E-state index is 0.458. The molecule has 1 aliphatic heterocycles. The Bertz CT molecular complexity index is 394. The predicted octanol–water partition coefficient (Wildman–Crippen LogP) is 3.38. The molecule has 0 spiro atoms. The summed E-state index contributed by atoms with van der Waals surface area (Å²) in [5.41, 5.74) is 3.24. The zero-order valence-corrected chi connectivity index (χ0v) is 12.9. The fraction of sp³-hybridized carbons (Fsp3) is 0.647. The highest BCUT2D eigenvalue weighted by Crippen LogP contribution is 2.30. The molecule has 106 valence electrons. The Morgan fingerprint density at radius 3 is 2.47 bits per heavy atom. The Balaban J connectivity index is 2.02. The van der Waals surface area contributed by atoms with Gasteiger partial charge in [0, 0.05) is 19.1 Å². The van der Waals surface area contributed by atoms with Crippen LogP contribution in [0.5, 0.6) is 0 Å². The van der Waals surface area contributed by atoms with Gasteiger partial charge in [0.2, 0.25) is 0 Å². The third kappa shape index (κ3) is 4.05. The van der Waals surface area contributed by atoms with Gasteiger partial charge < -0.3 is 10.2 Å². The first-order valence-electron chi connectivity index (χ1n) is 7.52. The number of nitrogens with zero attached hydrogens (tertiary/aromatic N) is 1. The lowest BCUT2D eigenvalue weighted by Gasteiger charge is -2.26. The summed E-state index contributed by atoms with van der Waals surface area (Å²) in [6.45, 7) is 13.7. The molecular weight excluding hydrogens is 232 g/mol. The van der Waals surface area contributed by atoms with Crippen molar-refractivity contribution in [2.75, 3.05) is 26.2 Å². The average Bonchev–Trinajstić information content (AvgIpc) is 2.69. The van der Waals surface area contributed by atoms with Crippen LogP contribution in [0.2, 0.25) is 0 Å². The molecule has 0 aliphatic carbocycles. The number of benzene rings is 1. The van der Waals surface area contributed by atoms with Crippen LogP contribution in [0.4, 0.5) is 0 Å². The molecule has 1 aliphatic rings. The van der Waals surface area contributed by atoms with Crippen molar-refractivity contribution >= 4 is 0 Å². The van der Waals surface area contributed by atoms with Crippen LogP contribution in [0.1, 0.15) is 44.4 Å². The lowest BCUT2D eigenvalue weighted by atomic mass is 9.93. The van der Waals surface area contributed by atoms with Crippen LogP contribution in [0.25, 0.3) is 0 Å². The smallest absolute Gasteiger partial charge is 0.0449 e. The summed E-state index contributed by atoms with van der Waals surface area (Å²) in [6.07, 6.45) is 1.32. The molecule has 19 heavy (non-hydrogen) atoms. The molecule has 2 nitrogen and oxygen atoms in total. The van der Waals surface area contributed by atoms with E-state index in [0.717, 1.165) is 13.1 Å². The van der Waals surface area contributed by atoms with E-state index < -0.39 is 0 Å². The Morgan fingerprint density at radius 2 is 1.95 bits per heavy atom. The van der Waals surface area contributed by atoms with Crippen LogP contribution in [-0.4, -0.2) is 31.1 Å². The van der Waals surface area contributed by atoms with Gasteiger partial charge in [-0.2, -0.15) is 0 Å². The molecule has 1 atom stereocenters. The fourth-order valence-electron chi connectivity index (χ4n) is 2.97. The summed E-state index contributed by atoms with van der Waals surface area (Å²) in [4.78, 5) is 2.60. The minimum Gasteiger partial charge on any atom is -0.309 e. The van der Waals surface area contributed by atoms with E-state index in [-0.39, 0.29) is 0 Å². The highest BCUT2D eigenvalue weighted by molar-refractivity contribution is 5.24. The van der Waals surface area contributed by atoms with Crippen molar-refractivity contribution in [3.05, 3.63) is 35.4 Å². The maximum atomic E-state index is 3.63. The van der Waals surface area contributed by atoms with Crippen molar-refractivity contribution in [1.82, 2.24) is 10.2 Å². The molecule has 2 rings (SSSR count). The number of nitrogens with one attached hydrogen (secondary N) is 1. The van der Waals surface area contributed by atoms with Crippen LogP contribution >= 0.6 is 0 Å². The summed E-state index contributed by atoms with van der Waals surface area (Å²) in [7, 11) is 0. The second kappa shape index (κ2) is 6.06. The van der Waals surface area contributed by atoms with Gasteiger partial charge in [-0.1, -0.05) is 50.6 Å². The van der Waals surface area contributed by atoms with E-state index in [2.05, 4.69) is 62.2 Å². The number of likely N-dealkylation sites (tertiary alicyclic amines) is 1. The van der Waals surface area contributed by atoms with Gasteiger partial charge in [-0.05, 0) is 37.4 Å². The van der Waals surface area contributed by atoms with Gasteiger partial charge in [-0.15, -0.1) is 0 Å². The number of rotatable bonds is 5. The molecule has 1 fully saturated rings. The topological polar surface area (TPSA) is 15.3 Å². The van der Waals surface area contributed by atoms with E-state index in [0.29, 0.717) is 11.5 Å². The molecule has 1 saturated heterocycles. The molecule has 1 aromatic rings. The SMILES string of the molecule is CCNC(CN1CCC(C)(C)C1)c1ccc(C)cc1. The summed E-state index contributed by atoms with van der Waals surface area (Å²) in [6, 6.07) is 9.43. The van der Waals surface area contributed by atoms with Crippen molar-refractivity contribution < 1.29 is 0 Å². The molecule has 2 heteroatoms. The molecule has 0 radical (unpaired) electrons. The highest BCUT2D eigenvalue weighted by atomic mass is 15.2. The molecule has 1 heterocycles. The molecule has 1 unspecified atom stereocenters. The lowest BCUT2D eigenvalue weighted by Crippen LogP contribution is -2.34. The van der Waals surface area contributed by atoms with Gasteiger partial charge in [-0.25, -0.2) is 0 Å². The Hall–Kier alpha value is -0.860. The van der Waals surface area contributed by atoms with Crippen LogP contribution in [0.3, 0.4) is 0 Å². The van der Waals surface area contributed by atoms with Gasteiger partial charge in [0.25, 0.3) is 0 Å². The van der Waals surface area contributed by atoms with Gasteiger partial charge in [0.1, 0.15) is 0 Å². The van der Waals surface area contributed by atoms with Crippen molar-refractivity contribution in [3.8, 4) is 0 Å². The molecule has 0 amide bonds. The maximum absolute atomic E-state index is 3.63. The van der Waals surface area contributed by atoms with Gasteiger partial charge in [0.15, 0.2) is 0 Å². The number of hydrogen-bond donors (Lipinski definition) is 1. The maximum Gasteiger partial charge on any atom is 0.0449 e. The standard InChI is InChI=1S/C17H28N2/c1-5-18-16(15-8-6-14(2)7-9-15)12-19-11-10-17(3,4)13-19/h6-9,16,18H,5,10-13H2,1-4H3. The van der Waals surface area contributed by atoms with Gasteiger partial charge in [0.05, 0.1) is 0 Å². The number of hydrogen-bond acceptors (Lipinski definition) is 2. The Kier molecular flexibility index (Phi) is 4.64. The first-order chi connectivity index (χ1) is 9.00. The zero-order chi connectivity index (χ0) is 13.9. The molecule has 0 aromatic heterocycles. The largest absolute Gasteiger partial charge is 0.309 e. The van der Waals surface area contributed by atoms with Crippen molar-refractivity contribution in [3.63, 3.8) is 0 Å². The normalized spacial score (nSPS) is 20.6. The predicted molar refractivity (Wildman–Crippen MR) is 82.4 cm³/mol. The van der Waals surface area contributed by atoms with Crippen molar-refractivity contribution in [2.45, 2.75) is 40.2 Å². The first-order valence-corrected chi connectivity index (χ1v) is 7.52. The number of likely N-dealkylation sites (N-methyl/N-ethyl adjacent to an activating group) is 1. The Labute approximate surface area is 118 Å². The van der Waals surface area contributed by atoms with Gasteiger partial charge >= 0.3 is 0 Å². The average molecular weight is 260 g/mol. The summed E-state index contributed by atoms with van der Waals surface area (Å²) in [5.74, 6) is 0. The molecule has 1 N–H and O–H groups in total. The second-order valence-electron chi connectivity index (χ2n) is 6.67. The zero-order valence-electron chi connectivity index (χ0n) is 12.9. The molecular formula is C17H28N2. The monoisotopic (exact) mass is 260 g/mol. The van der Waals surface area contributed by atoms with Crippen molar-refractivity contribution in [1.29, 1.82) is 0 Å². The van der Waals surface area contributed by atoms with E-state index in [9.17, 15) is 0 Å². The first kappa shape index (κ1) is 14.5. The van der Waals surface area contributed by atoms with Crippen LogP contribution < -0.4 is 5.32 Å². The highest BCUT2D eigenvalue weighted by Gasteiger charge is 2.30. The molecule has 1 aromatic carbocycles. The Morgan fingerprint density at radius 1 is 1.26 bits per heavy atom. The summed E-state index contributed by atoms with van der Waals surface area (Å²) in [5, 5.41) is 3.63. The quantitative estimate of drug-likeness (QED) is 0.873. The van der Waals surface area contributed by atoms with E-state index in [4.69, 9.17) is 0 Å². The third-order valence-electron chi connectivity index (χ3n) is 4.13. The van der Waals surface area contributed by atoms with Crippen LogP contribution in [-0.2, 0) is 0 Å². The lowest BCUT2D eigenvalue weighted by molar-refractivity contribution is 0.262. The summed E-state index contributed by atoms with van der Waals surface area (Å²) < 4.78 is 0. The molecule has 0 bridgehead atoms. The minimum absolute atomic E-state index is 0.458. The summed E-state index contributed by atoms with van der Waals surface area (Å²) >= 11 is 0. The van der Waals surface area contributed by atoms with E-state index in [1.54, 1.807) is 0 Å². The number of aryl methyl sites for hydroxylation is 1. The molecule has 0 saturated carbocycles. The van der Waals surface area contributed by atoms with E-state index in [1.807, 2.05) is 0 Å². The van der Waals surface area contributed by atoms with E-state index in [1.165, 1.54) is 30.6 Å². The fourth-order valence-corrected chi connectivity index (χ4v) is 2.97. The third-order valence-corrected chi connectivity index (χ3v) is 4.13. The van der Waals surface area contributed by atoms with Crippen LogP contribution in [0.15, 0.2) is 24.3 Å². The van der Waals surface area contributed by atoms with Gasteiger partial charge in [-0.3, -0.25) is 0 Å². The second-order valence-corrected chi connectivity index (χ2v) is 6.67. The van der Waals surface area contributed by atoms with E-state index >= 15 is 0 Å². The van der Waals surface area contributed by atoms with Crippen LogP contribution in [0, 0.1) is 12.3 Å².